The molecule has 0 aliphatic carbocycles. The molecule has 0 saturated heterocycles. The zero-order valence-corrected chi connectivity index (χ0v) is 47.2. The Kier molecular flexibility index (Phi) is 47.2. The van der Waals surface area contributed by atoms with Crippen molar-refractivity contribution < 1.29 is 21.2 Å². The molecule has 392 valence electrons. The van der Waals surface area contributed by atoms with Crippen molar-refractivity contribution in [2.24, 2.45) is 0 Å². The van der Waals surface area contributed by atoms with Gasteiger partial charge in [0, 0.05) is 22.3 Å². The number of rotatable bonds is 41. The molecule has 3 heteroatoms. The molecule has 0 fully saturated rings. The molecule has 68 heavy (non-hydrogen) atoms. The molecule has 0 amide bonds. The number of hydrogen-bond donors (Lipinski definition) is 0. The maximum Gasteiger partial charge on any atom is 2.00 e. The molecule has 2 nitrogen and oxygen atoms in total. The predicted molar refractivity (Wildman–Crippen MR) is 303 cm³/mol. The molecule has 2 aromatic carbocycles. The molecule has 1 heterocycles. The topological polar surface area (TPSA) is 25.3 Å². The monoisotopic (exact) mass is 979 g/mol. The molecule has 2 aromatic rings. The van der Waals surface area contributed by atoms with E-state index in [2.05, 4.69) is 104 Å². The number of aryl methyl sites for hydroxylation is 2. The van der Waals surface area contributed by atoms with Crippen LogP contribution in [0.1, 0.15) is 314 Å². The summed E-state index contributed by atoms with van der Waals surface area (Å²) < 4.78 is 1.61. The van der Waals surface area contributed by atoms with Crippen molar-refractivity contribution in [3.8, 4) is 0 Å². The third-order valence-electron chi connectivity index (χ3n) is 13.9. The largest absolute Gasteiger partial charge is 2.00 e. The fourth-order valence-electron chi connectivity index (χ4n) is 9.49. The molecular formula is C65H112N2Ni. The van der Waals surface area contributed by atoms with Crippen LogP contribution >= 0.6 is 0 Å². The minimum Gasteiger partial charge on any atom is -0.493 e. The molecule has 0 unspecified atom stereocenters. The van der Waals surface area contributed by atoms with Crippen LogP contribution < -0.4 is 0 Å². The van der Waals surface area contributed by atoms with E-state index in [-0.39, 0.29) is 16.5 Å². The number of allylic oxidation sites excluding steroid dienone is 2. The Morgan fingerprint density at radius 3 is 0.882 bits per heavy atom. The number of benzene rings is 2. The van der Waals surface area contributed by atoms with Crippen LogP contribution in [-0.2, 0) is 29.3 Å². The van der Waals surface area contributed by atoms with E-state index in [1.807, 2.05) is 0 Å². The maximum absolute atomic E-state index is 12.3. The average molecular weight is 980 g/mol. The van der Waals surface area contributed by atoms with Crippen molar-refractivity contribution in [1.29, 1.82) is 0 Å². The van der Waals surface area contributed by atoms with Crippen LogP contribution in [0.3, 0.4) is 0 Å². The van der Waals surface area contributed by atoms with E-state index in [0.29, 0.717) is 0 Å². The van der Waals surface area contributed by atoms with Crippen molar-refractivity contribution >= 4 is 11.4 Å². The van der Waals surface area contributed by atoms with Gasteiger partial charge < -0.3 is 19.4 Å². The molecule has 1 aliphatic rings. The van der Waals surface area contributed by atoms with Crippen LogP contribution in [0.2, 0.25) is 0 Å². The summed E-state index contributed by atoms with van der Waals surface area (Å²) in [6.45, 7) is 20.6. The van der Waals surface area contributed by atoms with Gasteiger partial charge in [0.05, 0.1) is 0 Å². The molecule has 0 atom stereocenters. The first-order valence-electron chi connectivity index (χ1n) is 29.7. The van der Waals surface area contributed by atoms with E-state index in [9.17, 15) is 5.53 Å². The van der Waals surface area contributed by atoms with Crippen LogP contribution in [0.5, 0.6) is 0 Å². The second-order valence-corrected chi connectivity index (χ2v) is 20.3. The Morgan fingerprint density at radius 1 is 0.338 bits per heavy atom. The van der Waals surface area contributed by atoms with Crippen molar-refractivity contribution in [2.75, 3.05) is 0 Å². The number of hydrogen-bond acceptors (Lipinski definition) is 0. The minimum absolute atomic E-state index is 0. The number of unbranched alkanes of at least 4 members (excludes halogenated alkanes) is 31. The molecule has 0 saturated carbocycles. The van der Waals surface area contributed by atoms with Gasteiger partial charge in [0.1, 0.15) is 0 Å². The average Bonchev–Trinajstić information content (AvgIpc) is 3.63. The van der Waals surface area contributed by atoms with Crippen LogP contribution in [0.15, 0.2) is 59.7 Å². The SMILES string of the molecule is CCCCCCCCCCCCCCCCc1cccc(C2=C(CCCC)C(CCCCC)=C(c3cccc(CCCCCCCCCCCCCCCC)c3)[N+]2=[N-])c1.[CH2-]CCC.[CH2-]CCC.[Ni+2]. The zero-order valence-electron chi connectivity index (χ0n) is 46.2. The van der Waals surface area contributed by atoms with Gasteiger partial charge in [0.25, 0.3) is 0 Å². The second kappa shape index (κ2) is 48.6. The Hall–Kier alpha value is -1.99. The van der Waals surface area contributed by atoms with Crippen molar-refractivity contribution in [3.63, 3.8) is 0 Å². The first kappa shape index (κ1) is 66.0. The molecule has 0 spiro atoms. The van der Waals surface area contributed by atoms with Gasteiger partial charge in [0.15, 0.2) is 0 Å². The van der Waals surface area contributed by atoms with Gasteiger partial charge in [-0.05, 0) is 86.8 Å². The van der Waals surface area contributed by atoms with E-state index >= 15 is 0 Å². The fraction of sp³-hybridized carbons (Fsp3) is 0.723. The second-order valence-electron chi connectivity index (χ2n) is 20.3. The summed E-state index contributed by atoms with van der Waals surface area (Å²) in [5.41, 5.74) is 22.3. The van der Waals surface area contributed by atoms with Crippen LogP contribution in [0.25, 0.3) is 16.9 Å². The van der Waals surface area contributed by atoms with Crippen molar-refractivity contribution in [2.45, 2.75) is 305 Å². The van der Waals surface area contributed by atoms with E-state index in [1.54, 1.807) is 4.70 Å². The van der Waals surface area contributed by atoms with Gasteiger partial charge >= 0.3 is 16.5 Å². The summed E-state index contributed by atoms with van der Waals surface area (Å²) in [4.78, 5) is 0. The quantitative estimate of drug-likeness (QED) is 0.0275. The Bertz CT molecular complexity index is 1490. The zero-order chi connectivity index (χ0) is 48.8. The fourth-order valence-corrected chi connectivity index (χ4v) is 9.49. The molecular weight excluding hydrogens is 867 g/mol. The summed E-state index contributed by atoms with van der Waals surface area (Å²) in [5.74, 6) is 0. The van der Waals surface area contributed by atoms with Gasteiger partial charge in [-0.15, -0.1) is 0 Å². The Morgan fingerprint density at radius 2 is 0.588 bits per heavy atom. The standard InChI is InChI=1S/C57H94N2.2C4H9.Ni/c1-5-9-13-15-17-19-21-23-25-27-29-31-33-36-40-50-42-38-44-52(48-50)56-54(46-12-8-4)55(47-35-11-7-3)57(59(56)58)53-45-39-43-51(49-53)41-37-34-32-30-28-26-24-22-20-18-16-14-10-6-2;2*1-3-4-2;/h38-39,42-45,48-49H,5-37,40-41,46-47H2,1-4H3;2*1,3-4H2,2H3;/q;2*-1;+2. The predicted octanol–water partition coefficient (Wildman–Crippen LogP) is 22.9. The van der Waals surface area contributed by atoms with Crippen molar-refractivity contribution in [1.82, 2.24) is 0 Å². The molecule has 0 N–H and O–H groups in total. The van der Waals surface area contributed by atoms with Crippen LogP contribution in [-0.4, -0.2) is 4.70 Å². The molecule has 1 aliphatic heterocycles. The number of nitrogens with zero attached hydrogens (tertiary/aromatic N) is 2. The summed E-state index contributed by atoms with van der Waals surface area (Å²) in [6, 6.07) is 18.4. The summed E-state index contributed by atoms with van der Waals surface area (Å²) in [7, 11) is 0. The smallest absolute Gasteiger partial charge is 0.493 e. The maximum atomic E-state index is 12.3. The summed E-state index contributed by atoms with van der Waals surface area (Å²) >= 11 is 0. The third kappa shape index (κ3) is 32.1. The van der Waals surface area contributed by atoms with Gasteiger partial charge in [0.2, 0.25) is 11.4 Å². The van der Waals surface area contributed by atoms with E-state index in [4.69, 9.17) is 0 Å². The van der Waals surface area contributed by atoms with Crippen LogP contribution in [0.4, 0.5) is 0 Å². The van der Waals surface area contributed by atoms with Gasteiger partial charge in [-0.25, -0.2) is 4.70 Å². The van der Waals surface area contributed by atoms with Gasteiger partial charge in [-0.3, -0.25) is 0 Å². The summed E-state index contributed by atoms with van der Waals surface area (Å²) in [6.07, 6.45) is 53.9. The van der Waals surface area contributed by atoms with Gasteiger partial charge in [-0.1, -0.05) is 265 Å². The molecule has 0 aromatic heterocycles. The van der Waals surface area contributed by atoms with E-state index < -0.39 is 0 Å². The normalized spacial score (nSPS) is 12.3. The van der Waals surface area contributed by atoms with E-state index in [0.717, 1.165) is 62.8 Å². The minimum atomic E-state index is 0. The van der Waals surface area contributed by atoms with Gasteiger partial charge in [-0.2, -0.15) is 12.8 Å². The molecule has 0 bridgehead atoms. The molecule has 0 radical (unpaired) electrons. The Labute approximate surface area is 436 Å². The first-order chi connectivity index (χ1) is 33.0. The van der Waals surface area contributed by atoms with E-state index in [1.165, 1.54) is 245 Å². The first-order valence-corrected chi connectivity index (χ1v) is 29.7. The van der Waals surface area contributed by atoms with Crippen LogP contribution in [0, 0.1) is 13.8 Å². The summed E-state index contributed by atoms with van der Waals surface area (Å²) in [5, 5.41) is 0. The molecule has 3 rings (SSSR count). The Balaban J connectivity index is 0.00000460. The third-order valence-corrected chi connectivity index (χ3v) is 13.9. The van der Waals surface area contributed by atoms with Crippen molar-refractivity contribution in [3.05, 3.63) is 101 Å².